The van der Waals surface area contributed by atoms with Gasteiger partial charge in [-0.1, -0.05) is 30.3 Å². The number of aromatic nitrogens is 3. The molecule has 2 N–H and O–H groups in total. The van der Waals surface area contributed by atoms with Gasteiger partial charge in [-0.15, -0.1) is 0 Å². The molecule has 0 aliphatic rings. The van der Waals surface area contributed by atoms with Gasteiger partial charge in [0.25, 0.3) is 5.56 Å². The van der Waals surface area contributed by atoms with Gasteiger partial charge in [0.05, 0.1) is 12.8 Å². The van der Waals surface area contributed by atoms with E-state index in [1.54, 1.807) is 21.0 Å². The van der Waals surface area contributed by atoms with Crippen molar-refractivity contribution in [1.29, 1.82) is 5.26 Å². The van der Waals surface area contributed by atoms with Crippen LogP contribution in [-0.2, 0) is 11.3 Å². The van der Waals surface area contributed by atoms with Crippen molar-refractivity contribution < 1.29 is 9.53 Å². The first-order valence-corrected chi connectivity index (χ1v) is 10.9. The zero-order chi connectivity index (χ0) is 24.2. The number of nitrogens with zero attached hydrogens (tertiary/aromatic N) is 3. The fourth-order valence-electron chi connectivity index (χ4n) is 4.04. The molecule has 0 fully saturated rings. The molecule has 1 atom stereocenters. The maximum Gasteiger partial charge on any atom is 0.285 e. The maximum absolute atomic E-state index is 12.8. The van der Waals surface area contributed by atoms with Gasteiger partial charge < -0.3 is 15.0 Å². The summed E-state index contributed by atoms with van der Waals surface area (Å²) in [5, 5.41) is 17.5. The van der Waals surface area contributed by atoms with Gasteiger partial charge in [-0.05, 0) is 48.7 Å². The Morgan fingerprint density at radius 3 is 2.65 bits per heavy atom. The van der Waals surface area contributed by atoms with Gasteiger partial charge >= 0.3 is 0 Å². The molecule has 34 heavy (non-hydrogen) atoms. The Balaban J connectivity index is 1.60. The van der Waals surface area contributed by atoms with Crippen molar-refractivity contribution in [3.8, 4) is 11.8 Å². The van der Waals surface area contributed by atoms with Crippen LogP contribution < -0.4 is 15.6 Å². The number of fused-ring (bicyclic) bond motifs is 1. The SMILES string of the molecule is COc1ccc(C(CNC(=O)Cn2nc(C)c(C)c(C#N)c2=O)c2c[nH]c3ccccc23)cc1. The van der Waals surface area contributed by atoms with Crippen molar-refractivity contribution in [1.82, 2.24) is 20.1 Å². The molecule has 0 saturated heterocycles. The molecule has 8 heteroatoms. The number of amides is 1. The number of H-pyrrole nitrogens is 1. The molecule has 2 aromatic heterocycles. The second kappa shape index (κ2) is 9.63. The Morgan fingerprint density at radius 1 is 1.21 bits per heavy atom. The monoisotopic (exact) mass is 455 g/mol. The normalized spacial score (nSPS) is 11.7. The van der Waals surface area contributed by atoms with Gasteiger partial charge in [-0.25, -0.2) is 4.68 Å². The highest BCUT2D eigenvalue weighted by Crippen LogP contribution is 2.31. The third-order valence-electron chi connectivity index (χ3n) is 6.06. The molecule has 2 aromatic carbocycles. The van der Waals surface area contributed by atoms with Crippen LogP contribution in [0.3, 0.4) is 0 Å². The Hall–Kier alpha value is -4.38. The molecule has 8 nitrogen and oxygen atoms in total. The minimum Gasteiger partial charge on any atom is -0.497 e. The number of para-hydroxylation sites is 1. The van der Waals surface area contributed by atoms with Gasteiger partial charge in [0.1, 0.15) is 23.9 Å². The molecule has 172 valence electrons. The van der Waals surface area contributed by atoms with Crippen LogP contribution in [0.4, 0.5) is 0 Å². The van der Waals surface area contributed by atoms with E-state index in [0.717, 1.165) is 32.5 Å². The highest BCUT2D eigenvalue weighted by Gasteiger charge is 2.20. The smallest absolute Gasteiger partial charge is 0.285 e. The third-order valence-corrected chi connectivity index (χ3v) is 6.06. The standard InChI is InChI=1S/C26H25N5O3/c1-16-17(2)30-31(26(33)21(16)12-27)15-25(32)29-13-22(18-8-10-19(34-3)11-9-18)23-14-28-24-7-5-4-6-20(23)24/h4-11,14,22,28H,13,15H2,1-3H3,(H,29,32). The summed E-state index contributed by atoms with van der Waals surface area (Å²) < 4.78 is 6.33. The predicted octanol–water partition coefficient (Wildman–Crippen LogP) is 3.17. The molecular formula is C26H25N5O3. The van der Waals surface area contributed by atoms with E-state index in [9.17, 15) is 14.9 Å². The topological polar surface area (TPSA) is 113 Å². The Bertz CT molecular complexity index is 1440. The lowest BCUT2D eigenvalue weighted by Gasteiger charge is -2.19. The highest BCUT2D eigenvalue weighted by atomic mass is 16.5. The first kappa shape index (κ1) is 22.8. The number of nitrogens with one attached hydrogen (secondary N) is 2. The van der Waals surface area contributed by atoms with Crippen LogP contribution in [0.15, 0.2) is 59.5 Å². The van der Waals surface area contributed by atoms with Crippen LogP contribution in [0.25, 0.3) is 10.9 Å². The van der Waals surface area contributed by atoms with Crippen LogP contribution in [0.5, 0.6) is 5.75 Å². The maximum atomic E-state index is 12.8. The molecule has 0 aliphatic carbocycles. The van der Waals surface area contributed by atoms with E-state index in [0.29, 0.717) is 17.8 Å². The van der Waals surface area contributed by atoms with E-state index in [1.807, 2.05) is 60.8 Å². The highest BCUT2D eigenvalue weighted by molar-refractivity contribution is 5.84. The average molecular weight is 456 g/mol. The van der Waals surface area contributed by atoms with Crippen molar-refractivity contribution in [3.63, 3.8) is 0 Å². The van der Waals surface area contributed by atoms with Crippen LogP contribution in [0.2, 0.25) is 0 Å². The summed E-state index contributed by atoms with van der Waals surface area (Å²) in [5.74, 6) is 0.254. The molecule has 1 unspecified atom stereocenters. The number of nitriles is 1. The second-order valence-corrected chi connectivity index (χ2v) is 8.08. The number of hydrogen-bond acceptors (Lipinski definition) is 5. The van der Waals surface area contributed by atoms with Gasteiger partial charge in [0, 0.05) is 29.6 Å². The van der Waals surface area contributed by atoms with Gasteiger partial charge in [0.15, 0.2) is 0 Å². The number of benzene rings is 2. The minimum atomic E-state index is -0.566. The summed E-state index contributed by atoms with van der Waals surface area (Å²) in [6, 6.07) is 17.7. The van der Waals surface area contributed by atoms with Crippen LogP contribution in [-0.4, -0.2) is 34.3 Å². The number of hydrogen-bond donors (Lipinski definition) is 2. The number of methoxy groups -OCH3 is 1. The number of ether oxygens (including phenoxy) is 1. The number of carbonyl (C=O) groups excluding carboxylic acids is 1. The fraction of sp³-hybridized carbons (Fsp3) is 0.231. The predicted molar refractivity (Wildman–Crippen MR) is 129 cm³/mol. The van der Waals surface area contributed by atoms with Crippen molar-refractivity contribution >= 4 is 16.8 Å². The molecular weight excluding hydrogens is 430 g/mol. The second-order valence-electron chi connectivity index (χ2n) is 8.08. The van der Waals surface area contributed by atoms with Crippen molar-refractivity contribution in [2.75, 3.05) is 13.7 Å². The van der Waals surface area contributed by atoms with Gasteiger partial charge in [0.2, 0.25) is 5.91 Å². The Kier molecular flexibility index (Phi) is 6.46. The molecule has 0 aliphatic heterocycles. The number of aryl methyl sites for hydroxylation is 1. The Labute approximate surface area is 196 Å². The lowest BCUT2D eigenvalue weighted by atomic mass is 9.91. The van der Waals surface area contributed by atoms with Gasteiger partial charge in [-0.2, -0.15) is 10.4 Å². The molecule has 0 saturated carbocycles. The van der Waals surface area contributed by atoms with E-state index in [2.05, 4.69) is 15.4 Å². The van der Waals surface area contributed by atoms with Crippen molar-refractivity contribution in [2.24, 2.45) is 0 Å². The van der Waals surface area contributed by atoms with Crippen molar-refractivity contribution in [3.05, 3.63) is 93.0 Å². The molecule has 0 bridgehead atoms. The van der Waals surface area contributed by atoms with E-state index < -0.39 is 5.56 Å². The summed E-state index contributed by atoms with van der Waals surface area (Å²) in [7, 11) is 1.62. The molecule has 1 amide bonds. The quantitative estimate of drug-likeness (QED) is 0.444. The molecule has 0 spiro atoms. The first-order chi connectivity index (χ1) is 16.4. The molecule has 0 radical (unpaired) electrons. The fourth-order valence-corrected chi connectivity index (χ4v) is 4.04. The number of rotatable bonds is 7. The summed E-state index contributed by atoms with van der Waals surface area (Å²) in [4.78, 5) is 28.6. The summed E-state index contributed by atoms with van der Waals surface area (Å²) in [6.45, 7) is 3.43. The molecule has 4 rings (SSSR count). The average Bonchev–Trinajstić information content (AvgIpc) is 3.27. The van der Waals surface area contributed by atoms with Crippen molar-refractivity contribution in [2.45, 2.75) is 26.3 Å². The summed E-state index contributed by atoms with van der Waals surface area (Å²) in [6.07, 6.45) is 1.96. The third kappa shape index (κ3) is 4.41. The van der Waals surface area contributed by atoms with Gasteiger partial charge in [-0.3, -0.25) is 9.59 Å². The van der Waals surface area contributed by atoms with E-state index >= 15 is 0 Å². The number of aromatic amines is 1. The molecule has 2 heterocycles. The van der Waals surface area contributed by atoms with Crippen LogP contribution >= 0.6 is 0 Å². The van der Waals surface area contributed by atoms with E-state index in [4.69, 9.17) is 4.74 Å². The van der Waals surface area contributed by atoms with Crippen LogP contribution in [0, 0.1) is 25.2 Å². The lowest BCUT2D eigenvalue weighted by molar-refractivity contribution is -0.121. The van der Waals surface area contributed by atoms with E-state index in [1.165, 1.54) is 0 Å². The number of carbonyl (C=O) groups is 1. The summed E-state index contributed by atoms with van der Waals surface area (Å²) >= 11 is 0. The summed E-state index contributed by atoms with van der Waals surface area (Å²) in [5.41, 5.74) is 3.59. The zero-order valence-corrected chi connectivity index (χ0v) is 19.3. The largest absolute Gasteiger partial charge is 0.497 e. The Morgan fingerprint density at radius 2 is 1.94 bits per heavy atom. The zero-order valence-electron chi connectivity index (χ0n) is 19.3. The first-order valence-electron chi connectivity index (χ1n) is 10.9. The minimum absolute atomic E-state index is 0.00945. The lowest BCUT2D eigenvalue weighted by Crippen LogP contribution is -2.37. The van der Waals surface area contributed by atoms with Crippen LogP contribution in [0.1, 0.15) is 33.9 Å². The molecule has 4 aromatic rings. The van der Waals surface area contributed by atoms with E-state index in [-0.39, 0.29) is 23.9 Å².